The number of carbonyl (C=O) groups is 1. The Morgan fingerprint density at radius 2 is 1.89 bits per heavy atom. The van der Waals surface area contributed by atoms with Crippen LogP contribution in [-0.2, 0) is 11.3 Å². The molecule has 1 fully saturated rings. The van der Waals surface area contributed by atoms with Gasteiger partial charge in [0.2, 0.25) is 0 Å². The monoisotopic (exact) mass is 516 g/mol. The Labute approximate surface area is 221 Å². The van der Waals surface area contributed by atoms with Crippen LogP contribution in [-0.4, -0.2) is 40.2 Å². The lowest BCUT2D eigenvalue weighted by molar-refractivity contribution is 0.0131. The molecule has 2 heterocycles. The Kier molecular flexibility index (Phi) is 11.4. The molecule has 200 valence electrons. The first-order valence-electron chi connectivity index (χ1n) is 12.9. The van der Waals surface area contributed by atoms with E-state index in [4.69, 9.17) is 14.6 Å². The standard InChI is InChI=1S/C26H38N4O3S.C2H6/c1-25(2,3)33-24(31)30-17-20(16-26(30,4)5)12-9-15-28-23-21(13-14-22(29-23)34-27)32-18-19-10-7-6-8-11-19;1-2/h6-8,10-11,13-14,20H,9,12,15-18,27H2,1-5H3,(H,28,29);1-2H3. The van der Waals surface area contributed by atoms with E-state index >= 15 is 0 Å². The number of ether oxygens (including phenoxy) is 2. The van der Waals surface area contributed by atoms with Crippen LogP contribution >= 0.6 is 11.9 Å². The average Bonchev–Trinajstić information content (AvgIpc) is 3.15. The van der Waals surface area contributed by atoms with E-state index in [1.54, 1.807) is 0 Å². The molecular weight excluding hydrogens is 472 g/mol. The summed E-state index contributed by atoms with van der Waals surface area (Å²) in [5.41, 5.74) is 0.412. The van der Waals surface area contributed by atoms with Crippen LogP contribution in [0.2, 0.25) is 0 Å². The van der Waals surface area contributed by atoms with Crippen LogP contribution < -0.4 is 15.2 Å². The minimum absolute atomic E-state index is 0.201. The zero-order valence-electron chi connectivity index (χ0n) is 23.0. The van der Waals surface area contributed by atoms with Crippen LogP contribution in [0.3, 0.4) is 0 Å². The number of carbonyl (C=O) groups excluding carboxylic acids is 1. The van der Waals surface area contributed by atoms with Gasteiger partial charge in [-0.1, -0.05) is 44.2 Å². The second kappa shape index (κ2) is 13.7. The highest BCUT2D eigenvalue weighted by Gasteiger charge is 2.42. The largest absolute Gasteiger partial charge is 0.485 e. The summed E-state index contributed by atoms with van der Waals surface area (Å²) in [6.45, 7) is 15.9. The molecule has 1 amide bonds. The summed E-state index contributed by atoms with van der Waals surface area (Å²) >= 11 is 1.12. The zero-order chi connectivity index (χ0) is 26.8. The van der Waals surface area contributed by atoms with E-state index in [0.717, 1.165) is 54.9 Å². The van der Waals surface area contributed by atoms with Crippen molar-refractivity contribution in [1.29, 1.82) is 0 Å². The maximum absolute atomic E-state index is 12.7. The van der Waals surface area contributed by atoms with Crippen molar-refractivity contribution in [2.45, 2.75) is 90.5 Å². The normalized spacial score (nSPS) is 16.7. The summed E-state index contributed by atoms with van der Waals surface area (Å²) in [7, 11) is 0. The van der Waals surface area contributed by atoms with Gasteiger partial charge in [-0.05, 0) is 89.4 Å². The number of aromatic nitrogens is 1. The van der Waals surface area contributed by atoms with Gasteiger partial charge in [0.15, 0.2) is 11.6 Å². The van der Waals surface area contributed by atoms with Crippen molar-refractivity contribution in [3.8, 4) is 5.75 Å². The Morgan fingerprint density at radius 3 is 2.53 bits per heavy atom. The summed E-state index contributed by atoms with van der Waals surface area (Å²) in [6, 6.07) is 13.8. The van der Waals surface area contributed by atoms with Gasteiger partial charge in [0.25, 0.3) is 0 Å². The smallest absolute Gasteiger partial charge is 0.410 e. The van der Waals surface area contributed by atoms with Gasteiger partial charge in [-0.3, -0.25) is 5.14 Å². The van der Waals surface area contributed by atoms with Gasteiger partial charge < -0.3 is 19.7 Å². The summed E-state index contributed by atoms with van der Waals surface area (Å²) in [6.07, 6.45) is 2.72. The fourth-order valence-electron chi connectivity index (χ4n) is 4.29. The highest BCUT2D eigenvalue weighted by atomic mass is 32.2. The molecule has 0 bridgehead atoms. The minimum atomic E-state index is -0.487. The third-order valence-corrected chi connectivity index (χ3v) is 6.31. The van der Waals surface area contributed by atoms with Gasteiger partial charge >= 0.3 is 6.09 Å². The van der Waals surface area contributed by atoms with Gasteiger partial charge in [0, 0.05) is 18.6 Å². The fourth-order valence-corrected chi connectivity index (χ4v) is 4.58. The number of hydrogen-bond donors (Lipinski definition) is 2. The first-order chi connectivity index (χ1) is 17.1. The average molecular weight is 517 g/mol. The second-order valence-electron chi connectivity index (χ2n) is 10.4. The molecule has 0 spiro atoms. The molecule has 0 aliphatic carbocycles. The van der Waals surface area contributed by atoms with E-state index in [0.29, 0.717) is 24.1 Å². The molecule has 1 aromatic heterocycles. The van der Waals surface area contributed by atoms with E-state index in [9.17, 15) is 4.79 Å². The predicted octanol–water partition coefficient (Wildman–Crippen LogP) is 6.88. The predicted molar refractivity (Wildman–Crippen MR) is 149 cm³/mol. The zero-order valence-corrected chi connectivity index (χ0v) is 23.8. The van der Waals surface area contributed by atoms with E-state index in [1.807, 2.05) is 82.0 Å². The molecule has 3 rings (SSSR count). The summed E-state index contributed by atoms with van der Waals surface area (Å²) < 4.78 is 11.6. The molecule has 1 unspecified atom stereocenters. The number of pyridine rings is 1. The SMILES string of the molecule is CC.CC(C)(C)OC(=O)N1CC(CCCNc2nc(SN)ccc2OCc2ccccc2)CC1(C)C. The number of nitrogens with one attached hydrogen (secondary N) is 1. The summed E-state index contributed by atoms with van der Waals surface area (Å²) in [5, 5.41) is 9.88. The third kappa shape index (κ3) is 9.21. The first-order valence-corrected chi connectivity index (χ1v) is 13.7. The molecule has 8 heteroatoms. The van der Waals surface area contributed by atoms with Crippen molar-refractivity contribution in [2.75, 3.05) is 18.4 Å². The number of nitrogens with zero attached hydrogens (tertiary/aromatic N) is 2. The number of anilines is 1. The molecule has 36 heavy (non-hydrogen) atoms. The number of amides is 1. The highest BCUT2D eigenvalue weighted by Crippen LogP contribution is 2.36. The Balaban J connectivity index is 0.00000222. The van der Waals surface area contributed by atoms with Gasteiger partial charge in [-0.2, -0.15) is 0 Å². The Hall–Kier alpha value is -2.45. The molecule has 2 aromatic rings. The van der Waals surface area contributed by atoms with E-state index in [1.165, 1.54) is 0 Å². The molecule has 0 radical (unpaired) electrons. The molecule has 1 atom stereocenters. The number of rotatable bonds is 9. The fraction of sp³-hybridized carbons (Fsp3) is 0.571. The van der Waals surface area contributed by atoms with Crippen LogP contribution in [0.4, 0.5) is 10.6 Å². The molecule has 1 aliphatic rings. The van der Waals surface area contributed by atoms with Gasteiger partial charge in [0.1, 0.15) is 17.2 Å². The van der Waals surface area contributed by atoms with Crippen LogP contribution in [0.25, 0.3) is 0 Å². The number of nitrogens with two attached hydrogens (primary N) is 1. The van der Waals surface area contributed by atoms with Crippen molar-refractivity contribution in [1.82, 2.24) is 9.88 Å². The van der Waals surface area contributed by atoms with E-state index < -0.39 is 5.60 Å². The topological polar surface area (TPSA) is 89.7 Å². The van der Waals surface area contributed by atoms with E-state index in [2.05, 4.69) is 24.1 Å². The Morgan fingerprint density at radius 1 is 1.19 bits per heavy atom. The van der Waals surface area contributed by atoms with Crippen LogP contribution in [0.15, 0.2) is 47.5 Å². The maximum atomic E-state index is 12.7. The quantitative estimate of drug-likeness (QED) is 0.277. The van der Waals surface area contributed by atoms with Crippen LogP contribution in [0.5, 0.6) is 5.75 Å². The number of hydrogen-bond acceptors (Lipinski definition) is 7. The van der Waals surface area contributed by atoms with Crippen molar-refractivity contribution in [3.05, 3.63) is 48.0 Å². The summed E-state index contributed by atoms with van der Waals surface area (Å²) in [5.74, 6) is 1.85. The van der Waals surface area contributed by atoms with Crippen molar-refractivity contribution in [3.63, 3.8) is 0 Å². The molecule has 3 N–H and O–H groups in total. The highest BCUT2D eigenvalue weighted by molar-refractivity contribution is 7.97. The number of benzene rings is 1. The lowest BCUT2D eigenvalue weighted by Gasteiger charge is -2.33. The van der Waals surface area contributed by atoms with Crippen LogP contribution in [0.1, 0.15) is 73.3 Å². The van der Waals surface area contributed by atoms with Gasteiger partial charge in [0.05, 0.1) is 0 Å². The molecule has 1 saturated heterocycles. The maximum Gasteiger partial charge on any atom is 0.410 e. The van der Waals surface area contributed by atoms with Gasteiger partial charge in [-0.15, -0.1) is 0 Å². The second-order valence-corrected chi connectivity index (χ2v) is 11.1. The first kappa shape index (κ1) is 29.8. The molecular formula is C28H44N4O3S. The molecule has 1 aromatic carbocycles. The lowest BCUT2D eigenvalue weighted by Crippen LogP contribution is -2.45. The number of likely N-dealkylation sites (tertiary alicyclic amines) is 1. The van der Waals surface area contributed by atoms with E-state index in [-0.39, 0.29) is 11.6 Å². The van der Waals surface area contributed by atoms with Gasteiger partial charge in [-0.25, -0.2) is 9.78 Å². The molecule has 7 nitrogen and oxygen atoms in total. The third-order valence-electron chi connectivity index (χ3n) is 5.85. The molecule has 1 aliphatic heterocycles. The van der Waals surface area contributed by atoms with Crippen molar-refractivity contribution in [2.24, 2.45) is 11.1 Å². The minimum Gasteiger partial charge on any atom is -0.485 e. The lowest BCUT2D eigenvalue weighted by atomic mass is 9.93. The van der Waals surface area contributed by atoms with Crippen molar-refractivity contribution < 1.29 is 14.3 Å². The van der Waals surface area contributed by atoms with Crippen LogP contribution in [0, 0.1) is 5.92 Å². The van der Waals surface area contributed by atoms with Crippen molar-refractivity contribution >= 4 is 23.9 Å². The molecule has 0 saturated carbocycles. The summed E-state index contributed by atoms with van der Waals surface area (Å²) in [4.78, 5) is 19.1. The Bertz CT molecular complexity index is 948.